The molecule has 0 spiro atoms. The highest BCUT2D eigenvalue weighted by molar-refractivity contribution is 7.96. The van der Waals surface area contributed by atoms with E-state index in [1.54, 1.807) is 11.9 Å². The number of benzene rings is 2. The molecule has 1 aromatic heterocycles. The molecule has 6 heteroatoms. The van der Waals surface area contributed by atoms with E-state index < -0.39 is 12.0 Å². The van der Waals surface area contributed by atoms with Crippen molar-refractivity contribution in [1.82, 2.24) is 8.87 Å². The molecule has 150 valence electrons. The first-order valence-corrected chi connectivity index (χ1v) is 11.0. The number of nitrogens with zero attached hydrogens (tertiary/aromatic N) is 2. The molecule has 1 saturated carbocycles. The van der Waals surface area contributed by atoms with Gasteiger partial charge < -0.3 is 9.67 Å². The SMILES string of the molecule is CSN(CC(O)Cn1c2ccccc2c2ccccc21)C1CCC(F)(F)CC1. The topological polar surface area (TPSA) is 28.4 Å². The minimum absolute atomic E-state index is 0.0578. The highest BCUT2D eigenvalue weighted by atomic mass is 32.2. The number of halogens is 2. The van der Waals surface area contributed by atoms with Gasteiger partial charge in [-0.2, -0.15) is 0 Å². The Morgan fingerprint density at radius 2 is 1.61 bits per heavy atom. The maximum absolute atomic E-state index is 13.5. The Morgan fingerprint density at radius 3 is 2.14 bits per heavy atom. The lowest BCUT2D eigenvalue weighted by Crippen LogP contribution is -2.41. The van der Waals surface area contributed by atoms with E-state index in [9.17, 15) is 13.9 Å². The summed E-state index contributed by atoms with van der Waals surface area (Å²) in [5.74, 6) is -2.53. The first-order valence-electron chi connectivity index (χ1n) is 9.81. The third-order valence-corrected chi connectivity index (χ3v) is 6.71. The molecule has 3 aromatic rings. The highest BCUT2D eigenvalue weighted by Crippen LogP contribution is 2.36. The Kier molecular flexibility index (Phi) is 5.63. The molecule has 1 aliphatic rings. The summed E-state index contributed by atoms with van der Waals surface area (Å²) in [7, 11) is 0. The number of hydrogen-bond donors (Lipinski definition) is 1. The van der Waals surface area contributed by atoms with Crippen molar-refractivity contribution in [3.63, 3.8) is 0 Å². The van der Waals surface area contributed by atoms with Crippen molar-refractivity contribution in [2.45, 2.75) is 50.3 Å². The molecular formula is C22H26F2N2OS. The fourth-order valence-corrected chi connectivity index (χ4v) is 5.19. The number of alkyl halides is 2. The van der Waals surface area contributed by atoms with E-state index in [4.69, 9.17) is 0 Å². The lowest BCUT2D eigenvalue weighted by Gasteiger charge is -2.36. The van der Waals surface area contributed by atoms with Crippen molar-refractivity contribution in [3.8, 4) is 0 Å². The molecule has 0 saturated heterocycles. The van der Waals surface area contributed by atoms with Gasteiger partial charge in [0.15, 0.2) is 0 Å². The number of rotatable bonds is 6. The summed E-state index contributed by atoms with van der Waals surface area (Å²) in [5, 5.41) is 13.2. The van der Waals surface area contributed by atoms with Crippen LogP contribution in [0.2, 0.25) is 0 Å². The minimum atomic E-state index is -2.53. The molecule has 0 amide bonds. The second kappa shape index (κ2) is 8.01. The summed E-state index contributed by atoms with van der Waals surface area (Å²) in [5.41, 5.74) is 2.21. The second-order valence-corrected chi connectivity index (χ2v) is 8.50. The Morgan fingerprint density at radius 1 is 1.07 bits per heavy atom. The Hall–Kier alpha value is -1.63. The van der Waals surface area contributed by atoms with Crippen LogP contribution < -0.4 is 0 Å². The summed E-state index contributed by atoms with van der Waals surface area (Å²) < 4.78 is 31.2. The third kappa shape index (κ3) is 3.91. The van der Waals surface area contributed by atoms with Crippen LogP contribution in [0, 0.1) is 0 Å². The van der Waals surface area contributed by atoms with Gasteiger partial charge in [0.1, 0.15) is 0 Å². The van der Waals surface area contributed by atoms with Crippen LogP contribution in [0.15, 0.2) is 48.5 Å². The zero-order valence-corrected chi connectivity index (χ0v) is 16.8. The summed E-state index contributed by atoms with van der Waals surface area (Å²) in [6.45, 7) is 0.951. The van der Waals surface area contributed by atoms with E-state index in [-0.39, 0.29) is 18.9 Å². The van der Waals surface area contributed by atoms with Crippen LogP contribution in [0.1, 0.15) is 25.7 Å². The first-order chi connectivity index (χ1) is 13.5. The summed E-state index contributed by atoms with van der Waals surface area (Å²) in [6.07, 6.45) is 2.23. The number of hydrogen-bond acceptors (Lipinski definition) is 3. The number of aromatic nitrogens is 1. The zero-order valence-electron chi connectivity index (χ0n) is 16.0. The van der Waals surface area contributed by atoms with E-state index >= 15 is 0 Å². The van der Waals surface area contributed by atoms with Gasteiger partial charge in [0.05, 0.1) is 12.6 Å². The van der Waals surface area contributed by atoms with E-state index in [0.717, 1.165) is 11.0 Å². The molecule has 1 unspecified atom stereocenters. The van der Waals surface area contributed by atoms with Gasteiger partial charge in [-0.25, -0.2) is 13.1 Å². The van der Waals surface area contributed by atoms with Crippen LogP contribution in [0.5, 0.6) is 0 Å². The van der Waals surface area contributed by atoms with Crippen LogP contribution in [0.4, 0.5) is 8.78 Å². The number of aliphatic hydroxyl groups is 1. The zero-order chi connectivity index (χ0) is 19.7. The van der Waals surface area contributed by atoms with Crippen LogP contribution in [0.3, 0.4) is 0 Å². The fourth-order valence-electron chi connectivity index (χ4n) is 4.36. The molecule has 2 aromatic carbocycles. The maximum Gasteiger partial charge on any atom is 0.248 e. The van der Waals surface area contributed by atoms with Gasteiger partial charge in [0.25, 0.3) is 0 Å². The predicted molar refractivity (Wildman–Crippen MR) is 113 cm³/mol. The van der Waals surface area contributed by atoms with E-state index in [2.05, 4.69) is 33.1 Å². The third-order valence-electron chi connectivity index (χ3n) is 5.79. The summed E-state index contributed by atoms with van der Waals surface area (Å²) >= 11 is 1.54. The van der Waals surface area contributed by atoms with Gasteiger partial charge in [-0.3, -0.25) is 0 Å². The van der Waals surface area contributed by atoms with E-state index in [1.165, 1.54) is 10.8 Å². The average Bonchev–Trinajstić information content (AvgIpc) is 3.01. The second-order valence-electron chi connectivity index (χ2n) is 7.67. The van der Waals surface area contributed by atoms with Crippen molar-refractivity contribution < 1.29 is 13.9 Å². The van der Waals surface area contributed by atoms with E-state index in [0.29, 0.717) is 25.9 Å². The lowest BCUT2D eigenvalue weighted by molar-refractivity contribution is -0.0477. The van der Waals surface area contributed by atoms with Gasteiger partial charge in [0.2, 0.25) is 5.92 Å². The number of para-hydroxylation sites is 2. The van der Waals surface area contributed by atoms with Crippen molar-refractivity contribution in [2.75, 3.05) is 12.8 Å². The van der Waals surface area contributed by atoms with Crippen LogP contribution in [0.25, 0.3) is 21.8 Å². The van der Waals surface area contributed by atoms with Crippen LogP contribution in [-0.2, 0) is 6.54 Å². The molecule has 3 nitrogen and oxygen atoms in total. The van der Waals surface area contributed by atoms with Crippen LogP contribution in [-0.4, -0.2) is 44.8 Å². The molecule has 0 aliphatic heterocycles. The monoisotopic (exact) mass is 404 g/mol. The standard InChI is InChI=1S/C22H26F2N2OS/c1-28-26(16-10-12-22(23,24)13-11-16)15-17(27)14-25-20-8-4-2-6-18(20)19-7-3-5-9-21(19)25/h2-9,16-17,27H,10-15H2,1H3. The van der Waals surface area contributed by atoms with Crippen molar-refractivity contribution in [1.29, 1.82) is 0 Å². The largest absolute Gasteiger partial charge is 0.390 e. The van der Waals surface area contributed by atoms with Gasteiger partial charge >= 0.3 is 0 Å². The van der Waals surface area contributed by atoms with Crippen molar-refractivity contribution in [2.24, 2.45) is 0 Å². The molecule has 0 radical (unpaired) electrons. The fraction of sp³-hybridized carbons (Fsp3) is 0.455. The smallest absolute Gasteiger partial charge is 0.248 e. The minimum Gasteiger partial charge on any atom is -0.390 e. The normalized spacial score (nSPS) is 18.9. The van der Waals surface area contributed by atoms with E-state index in [1.807, 2.05) is 30.5 Å². The molecule has 1 aliphatic carbocycles. The van der Waals surface area contributed by atoms with Crippen LogP contribution >= 0.6 is 11.9 Å². The summed E-state index contributed by atoms with van der Waals surface area (Å²) in [6, 6.07) is 16.6. The van der Waals surface area contributed by atoms with Gasteiger partial charge in [-0.15, -0.1) is 0 Å². The van der Waals surface area contributed by atoms with Crippen molar-refractivity contribution in [3.05, 3.63) is 48.5 Å². The first kappa shape index (κ1) is 19.7. The Labute approximate surface area is 168 Å². The molecule has 1 fully saturated rings. The average molecular weight is 405 g/mol. The quantitative estimate of drug-likeness (QED) is 0.564. The Balaban J connectivity index is 1.52. The predicted octanol–water partition coefficient (Wildman–Crippen LogP) is 5.31. The lowest BCUT2D eigenvalue weighted by atomic mass is 9.92. The molecule has 4 rings (SSSR count). The highest BCUT2D eigenvalue weighted by Gasteiger charge is 2.37. The molecule has 1 N–H and O–H groups in total. The molecule has 28 heavy (non-hydrogen) atoms. The van der Waals surface area contributed by atoms with Gasteiger partial charge in [0, 0.05) is 47.2 Å². The van der Waals surface area contributed by atoms with Gasteiger partial charge in [-0.05, 0) is 31.2 Å². The van der Waals surface area contributed by atoms with Gasteiger partial charge in [-0.1, -0.05) is 48.3 Å². The molecule has 0 bridgehead atoms. The number of aliphatic hydroxyl groups excluding tert-OH is 1. The summed E-state index contributed by atoms with van der Waals surface area (Å²) in [4.78, 5) is 0. The number of fused-ring (bicyclic) bond motifs is 3. The maximum atomic E-state index is 13.5. The molecule has 1 atom stereocenters. The molecular weight excluding hydrogens is 378 g/mol. The molecule has 1 heterocycles. The Bertz CT molecular complexity index is 895. The van der Waals surface area contributed by atoms with Crippen molar-refractivity contribution >= 4 is 33.8 Å².